The van der Waals surface area contributed by atoms with Crippen LogP contribution in [0.5, 0.6) is 0 Å². The summed E-state index contributed by atoms with van der Waals surface area (Å²) >= 11 is 0. The predicted octanol–water partition coefficient (Wildman–Crippen LogP) is 2.48. The third kappa shape index (κ3) is 3.58. The number of amides is 1. The molecule has 2 rings (SSSR count). The standard InChI is InChI=1S/C16H24N2O2/c1-12-5-7-14(8-6-12)18-15(19)13(2)17-11-16(20-3)9-4-10-16/h5-8,13,17H,4,9-11H2,1-3H3,(H,18,19). The molecule has 1 amide bonds. The topological polar surface area (TPSA) is 50.4 Å². The van der Waals surface area contributed by atoms with E-state index >= 15 is 0 Å². The van der Waals surface area contributed by atoms with E-state index in [1.807, 2.05) is 38.1 Å². The summed E-state index contributed by atoms with van der Waals surface area (Å²) in [7, 11) is 1.75. The Labute approximate surface area is 120 Å². The molecule has 0 saturated heterocycles. The van der Waals surface area contributed by atoms with Crippen molar-refractivity contribution in [3.63, 3.8) is 0 Å². The lowest BCUT2D eigenvalue weighted by atomic mass is 9.80. The first kappa shape index (κ1) is 15.0. The average molecular weight is 276 g/mol. The number of nitrogens with one attached hydrogen (secondary N) is 2. The Balaban J connectivity index is 1.81. The molecule has 2 N–H and O–H groups in total. The van der Waals surface area contributed by atoms with Crippen LogP contribution in [0.15, 0.2) is 24.3 Å². The van der Waals surface area contributed by atoms with Gasteiger partial charge in [-0.25, -0.2) is 0 Å². The van der Waals surface area contributed by atoms with Gasteiger partial charge in [-0.05, 0) is 45.2 Å². The van der Waals surface area contributed by atoms with Crippen LogP contribution in [-0.2, 0) is 9.53 Å². The minimum Gasteiger partial charge on any atom is -0.377 e. The zero-order valence-corrected chi connectivity index (χ0v) is 12.5. The molecule has 0 heterocycles. The summed E-state index contributed by atoms with van der Waals surface area (Å²) in [6, 6.07) is 7.58. The van der Waals surface area contributed by atoms with Gasteiger partial charge in [-0.3, -0.25) is 4.79 Å². The highest BCUT2D eigenvalue weighted by molar-refractivity contribution is 5.94. The first-order chi connectivity index (χ1) is 9.54. The molecule has 1 fully saturated rings. The van der Waals surface area contributed by atoms with Gasteiger partial charge in [0.2, 0.25) is 5.91 Å². The summed E-state index contributed by atoms with van der Waals surface area (Å²) in [5, 5.41) is 6.19. The van der Waals surface area contributed by atoms with Crippen molar-refractivity contribution in [2.45, 2.75) is 44.8 Å². The molecule has 0 aliphatic heterocycles. The van der Waals surface area contributed by atoms with Gasteiger partial charge in [-0.1, -0.05) is 17.7 Å². The van der Waals surface area contributed by atoms with Gasteiger partial charge in [0.05, 0.1) is 11.6 Å². The number of ether oxygens (including phenoxy) is 1. The summed E-state index contributed by atoms with van der Waals surface area (Å²) in [5.74, 6) is -0.0144. The van der Waals surface area contributed by atoms with E-state index in [1.165, 1.54) is 12.0 Å². The van der Waals surface area contributed by atoms with Crippen molar-refractivity contribution < 1.29 is 9.53 Å². The molecule has 1 atom stereocenters. The Morgan fingerprint density at radius 1 is 1.35 bits per heavy atom. The summed E-state index contributed by atoms with van der Waals surface area (Å²) in [5.41, 5.74) is 1.96. The van der Waals surface area contributed by atoms with E-state index < -0.39 is 0 Å². The molecule has 0 spiro atoms. The molecule has 1 saturated carbocycles. The summed E-state index contributed by atoms with van der Waals surface area (Å²) in [6.07, 6.45) is 3.35. The quantitative estimate of drug-likeness (QED) is 0.839. The molecule has 110 valence electrons. The molecular formula is C16H24N2O2. The number of anilines is 1. The van der Waals surface area contributed by atoms with Crippen LogP contribution >= 0.6 is 0 Å². The highest BCUT2D eigenvalue weighted by Gasteiger charge is 2.37. The van der Waals surface area contributed by atoms with Crippen LogP contribution in [0.4, 0.5) is 5.69 Å². The third-order valence-electron chi connectivity index (χ3n) is 4.14. The Morgan fingerprint density at radius 2 is 2.00 bits per heavy atom. The highest BCUT2D eigenvalue weighted by atomic mass is 16.5. The summed E-state index contributed by atoms with van der Waals surface area (Å²) < 4.78 is 5.54. The minimum atomic E-state index is -0.232. The monoisotopic (exact) mass is 276 g/mol. The number of hydrogen-bond acceptors (Lipinski definition) is 3. The van der Waals surface area contributed by atoms with E-state index in [2.05, 4.69) is 10.6 Å². The molecule has 20 heavy (non-hydrogen) atoms. The van der Waals surface area contributed by atoms with Crippen LogP contribution < -0.4 is 10.6 Å². The Bertz CT molecular complexity index is 447. The maximum Gasteiger partial charge on any atom is 0.241 e. The zero-order chi connectivity index (χ0) is 14.6. The van der Waals surface area contributed by atoms with Gasteiger partial charge >= 0.3 is 0 Å². The van der Waals surface area contributed by atoms with Gasteiger partial charge in [-0.15, -0.1) is 0 Å². The number of aryl methyl sites for hydroxylation is 1. The number of hydrogen-bond donors (Lipinski definition) is 2. The van der Waals surface area contributed by atoms with Crippen molar-refractivity contribution in [3.8, 4) is 0 Å². The molecule has 1 aromatic carbocycles. The normalized spacial score (nSPS) is 18.1. The van der Waals surface area contributed by atoms with Crippen molar-refractivity contribution in [2.24, 2.45) is 0 Å². The maximum absolute atomic E-state index is 12.1. The Hall–Kier alpha value is -1.39. The number of rotatable bonds is 6. The fraction of sp³-hybridized carbons (Fsp3) is 0.562. The van der Waals surface area contributed by atoms with E-state index in [4.69, 9.17) is 4.74 Å². The van der Waals surface area contributed by atoms with Crippen molar-refractivity contribution in [1.82, 2.24) is 5.32 Å². The molecule has 4 nitrogen and oxygen atoms in total. The molecule has 0 aromatic heterocycles. The molecule has 1 unspecified atom stereocenters. The number of carbonyl (C=O) groups excluding carboxylic acids is 1. The maximum atomic E-state index is 12.1. The SMILES string of the molecule is COC1(CNC(C)C(=O)Nc2ccc(C)cc2)CCC1. The molecular weight excluding hydrogens is 252 g/mol. The number of carbonyl (C=O) groups is 1. The number of methoxy groups -OCH3 is 1. The predicted molar refractivity (Wildman–Crippen MR) is 80.9 cm³/mol. The first-order valence-electron chi connectivity index (χ1n) is 7.21. The number of benzene rings is 1. The second kappa shape index (κ2) is 6.37. The van der Waals surface area contributed by atoms with Crippen LogP contribution in [0.25, 0.3) is 0 Å². The van der Waals surface area contributed by atoms with Crippen molar-refractivity contribution in [2.75, 3.05) is 19.0 Å². The zero-order valence-electron chi connectivity index (χ0n) is 12.5. The first-order valence-corrected chi connectivity index (χ1v) is 7.21. The largest absolute Gasteiger partial charge is 0.377 e. The Kier molecular flexibility index (Phi) is 4.78. The second-order valence-corrected chi connectivity index (χ2v) is 5.70. The van der Waals surface area contributed by atoms with Crippen LogP contribution in [0, 0.1) is 6.92 Å². The van der Waals surface area contributed by atoms with Gasteiger partial charge in [0.25, 0.3) is 0 Å². The lowest BCUT2D eigenvalue weighted by Crippen LogP contribution is -2.52. The molecule has 0 bridgehead atoms. The molecule has 0 radical (unpaired) electrons. The fourth-order valence-corrected chi connectivity index (χ4v) is 2.34. The van der Waals surface area contributed by atoms with Crippen molar-refractivity contribution >= 4 is 11.6 Å². The molecule has 4 heteroatoms. The summed E-state index contributed by atoms with van der Waals surface area (Å²) in [4.78, 5) is 12.1. The van der Waals surface area contributed by atoms with Gasteiger partial charge in [0.15, 0.2) is 0 Å². The van der Waals surface area contributed by atoms with Crippen LogP contribution in [0.2, 0.25) is 0 Å². The van der Waals surface area contributed by atoms with Crippen LogP contribution in [0.1, 0.15) is 31.7 Å². The van der Waals surface area contributed by atoms with Gasteiger partial charge in [-0.2, -0.15) is 0 Å². The van der Waals surface area contributed by atoms with E-state index in [-0.39, 0.29) is 17.6 Å². The van der Waals surface area contributed by atoms with Crippen LogP contribution in [-0.4, -0.2) is 31.2 Å². The van der Waals surface area contributed by atoms with Crippen LogP contribution in [0.3, 0.4) is 0 Å². The van der Waals surface area contributed by atoms with Gasteiger partial charge in [0, 0.05) is 19.3 Å². The van der Waals surface area contributed by atoms with Crippen molar-refractivity contribution in [1.29, 1.82) is 0 Å². The van der Waals surface area contributed by atoms with Crippen molar-refractivity contribution in [3.05, 3.63) is 29.8 Å². The third-order valence-corrected chi connectivity index (χ3v) is 4.14. The lowest BCUT2D eigenvalue weighted by Gasteiger charge is -2.41. The Morgan fingerprint density at radius 3 is 2.50 bits per heavy atom. The molecule has 1 aromatic rings. The fourth-order valence-electron chi connectivity index (χ4n) is 2.34. The molecule has 1 aliphatic rings. The van der Waals surface area contributed by atoms with E-state index in [0.717, 1.165) is 25.1 Å². The van der Waals surface area contributed by atoms with E-state index in [9.17, 15) is 4.79 Å². The second-order valence-electron chi connectivity index (χ2n) is 5.70. The minimum absolute atomic E-state index is 0.0144. The summed E-state index contributed by atoms with van der Waals surface area (Å²) in [6.45, 7) is 4.64. The van der Waals surface area contributed by atoms with Gasteiger partial charge in [0.1, 0.15) is 0 Å². The highest BCUT2D eigenvalue weighted by Crippen LogP contribution is 2.34. The molecule has 1 aliphatic carbocycles. The average Bonchev–Trinajstić information content (AvgIpc) is 2.40. The van der Waals surface area contributed by atoms with E-state index in [1.54, 1.807) is 7.11 Å². The smallest absolute Gasteiger partial charge is 0.241 e. The van der Waals surface area contributed by atoms with Gasteiger partial charge < -0.3 is 15.4 Å². The lowest BCUT2D eigenvalue weighted by molar-refractivity contribution is -0.118. The van der Waals surface area contributed by atoms with E-state index in [0.29, 0.717) is 0 Å².